The van der Waals surface area contributed by atoms with Crippen LogP contribution in [0.3, 0.4) is 0 Å². The van der Waals surface area contributed by atoms with Gasteiger partial charge in [-0.05, 0) is 32.9 Å². The number of hydrogen-bond donors (Lipinski definition) is 2. The van der Waals surface area contributed by atoms with Crippen LogP contribution in [0.5, 0.6) is 0 Å². The molecule has 0 unspecified atom stereocenters. The second-order valence-electron chi connectivity index (χ2n) is 4.97. The predicted molar refractivity (Wildman–Crippen MR) is 64.1 cm³/mol. The molecule has 19 heavy (non-hydrogen) atoms. The molecule has 0 aliphatic heterocycles. The first-order valence-electron chi connectivity index (χ1n) is 5.81. The molecule has 0 bridgehead atoms. The molecule has 106 valence electrons. The third kappa shape index (κ3) is 4.24. The van der Waals surface area contributed by atoms with Gasteiger partial charge in [0.05, 0.1) is 5.41 Å². The van der Waals surface area contributed by atoms with Gasteiger partial charge in [0.25, 0.3) is 0 Å². The Morgan fingerprint density at radius 3 is 2.37 bits per heavy atom. The number of carbonyl (C=O) groups is 1. The standard InChI is InChI=1S/C13H16F3NO2/c1-13(2,12(18)19)3-4-17-7-8-5-10(15)11(16)6-9(8)14/h5-6,17H,3-4,7H2,1-2H3,(H,18,19). The number of benzene rings is 1. The van der Waals surface area contributed by atoms with Crippen molar-refractivity contribution in [3.63, 3.8) is 0 Å². The zero-order chi connectivity index (χ0) is 14.6. The van der Waals surface area contributed by atoms with E-state index in [0.29, 0.717) is 19.0 Å². The first kappa shape index (κ1) is 15.5. The van der Waals surface area contributed by atoms with Gasteiger partial charge in [-0.1, -0.05) is 0 Å². The van der Waals surface area contributed by atoms with Crippen LogP contribution in [0.4, 0.5) is 13.2 Å². The van der Waals surface area contributed by atoms with Crippen molar-refractivity contribution >= 4 is 5.97 Å². The van der Waals surface area contributed by atoms with Crippen LogP contribution >= 0.6 is 0 Å². The lowest BCUT2D eigenvalue weighted by atomic mass is 9.90. The molecule has 0 atom stereocenters. The van der Waals surface area contributed by atoms with Crippen LogP contribution in [0, 0.1) is 22.9 Å². The van der Waals surface area contributed by atoms with Crippen molar-refractivity contribution in [3.8, 4) is 0 Å². The lowest BCUT2D eigenvalue weighted by Crippen LogP contribution is -2.29. The van der Waals surface area contributed by atoms with Gasteiger partial charge in [-0.15, -0.1) is 0 Å². The van der Waals surface area contributed by atoms with Crippen molar-refractivity contribution in [3.05, 3.63) is 35.1 Å². The molecule has 2 N–H and O–H groups in total. The van der Waals surface area contributed by atoms with E-state index in [9.17, 15) is 18.0 Å². The summed E-state index contributed by atoms with van der Waals surface area (Å²) in [5, 5.41) is 11.7. The molecule has 0 spiro atoms. The number of aliphatic carboxylic acids is 1. The number of nitrogens with one attached hydrogen (secondary N) is 1. The smallest absolute Gasteiger partial charge is 0.309 e. The first-order chi connectivity index (χ1) is 8.74. The van der Waals surface area contributed by atoms with Crippen LogP contribution in [0.2, 0.25) is 0 Å². The molecule has 0 aromatic heterocycles. The maximum Gasteiger partial charge on any atom is 0.309 e. The van der Waals surface area contributed by atoms with E-state index in [4.69, 9.17) is 5.11 Å². The third-order valence-corrected chi connectivity index (χ3v) is 2.91. The van der Waals surface area contributed by atoms with E-state index >= 15 is 0 Å². The van der Waals surface area contributed by atoms with Gasteiger partial charge in [0.1, 0.15) is 5.82 Å². The molecule has 0 radical (unpaired) electrons. The van der Waals surface area contributed by atoms with Crippen molar-refractivity contribution in [2.45, 2.75) is 26.8 Å². The number of carboxylic acids is 1. The van der Waals surface area contributed by atoms with Crippen LogP contribution in [-0.4, -0.2) is 17.6 Å². The fourth-order valence-electron chi connectivity index (χ4n) is 1.43. The minimum absolute atomic E-state index is 0.00651. The molecule has 0 saturated heterocycles. The highest BCUT2D eigenvalue weighted by molar-refractivity contribution is 5.73. The van der Waals surface area contributed by atoms with Crippen molar-refractivity contribution in [1.82, 2.24) is 5.32 Å². The van der Waals surface area contributed by atoms with Crippen molar-refractivity contribution in [1.29, 1.82) is 0 Å². The molecule has 0 aliphatic carbocycles. The van der Waals surface area contributed by atoms with E-state index in [2.05, 4.69) is 5.32 Å². The first-order valence-corrected chi connectivity index (χ1v) is 5.81. The van der Waals surface area contributed by atoms with Gasteiger partial charge >= 0.3 is 5.97 Å². The summed E-state index contributed by atoms with van der Waals surface area (Å²) in [4.78, 5) is 10.8. The van der Waals surface area contributed by atoms with Gasteiger partial charge < -0.3 is 10.4 Å². The van der Waals surface area contributed by atoms with E-state index in [1.54, 1.807) is 13.8 Å². The summed E-state index contributed by atoms with van der Waals surface area (Å²) in [7, 11) is 0. The normalized spacial score (nSPS) is 11.6. The summed E-state index contributed by atoms with van der Waals surface area (Å²) < 4.78 is 38.9. The third-order valence-electron chi connectivity index (χ3n) is 2.91. The van der Waals surface area contributed by atoms with Gasteiger partial charge in [0, 0.05) is 18.2 Å². The van der Waals surface area contributed by atoms with Crippen LogP contribution in [0.15, 0.2) is 12.1 Å². The highest BCUT2D eigenvalue weighted by Crippen LogP contribution is 2.19. The second kappa shape index (κ2) is 6.06. The molecule has 0 fully saturated rings. The minimum atomic E-state index is -1.23. The van der Waals surface area contributed by atoms with Gasteiger partial charge in [0.2, 0.25) is 0 Å². The second-order valence-corrected chi connectivity index (χ2v) is 4.97. The van der Waals surface area contributed by atoms with Crippen LogP contribution in [0.1, 0.15) is 25.8 Å². The Kier molecular flexibility index (Phi) is 4.94. The molecule has 1 aromatic carbocycles. The summed E-state index contributed by atoms with van der Waals surface area (Å²) in [6.07, 6.45) is 0.341. The van der Waals surface area contributed by atoms with Crippen molar-refractivity contribution in [2.24, 2.45) is 5.41 Å². The Labute approximate surface area is 109 Å². The largest absolute Gasteiger partial charge is 0.481 e. The van der Waals surface area contributed by atoms with Crippen molar-refractivity contribution < 1.29 is 23.1 Å². The monoisotopic (exact) mass is 275 g/mol. The average molecular weight is 275 g/mol. The van der Waals surface area contributed by atoms with Crippen LogP contribution in [-0.2, 0) is 11.3 Å². The maximum atomic E-state index is 13.3. The Bertz CT molecular complexity index is 475. The topological polar surface area (TPSA) is 49.3 Å². The summed E-state index contributed by atoms with van der Waals surface area (Å²) in [6, 6.07) is 1.29. The molecule has 0 aliphatic rings. The van der Waals surface area contributed by atoms with Gasteiger partial charge in [-0.3, -0.25) is 4.79 Å². The Morgan fingerprint density at radius 1 is 1.21 bits per heavy atom. The molecular weight excluding hydrogens is 259 g/mol. The molecule has 1 rings (SSSR count). The highest BCUT2D eigenvalue weighted by atomic mass is 19.2. The van der Waals surface area contributed by atoms with Gasteiger partial charge in [-0.25, -0.2) is 13.2 Å². The molecule has 3 nitrogen and oxygen atoms in total. The van der Waals surface area contributed by atoms with Crippen LogP contribution < -0.4 is 5.32 Å². The van der Waals surface area contributed by atoms with E-state index in [1.165, 1.54) is 0 Å². The minimum Gasteiger partial charge on any atom is -0.481 e. The average Bonchev–Trinajstić information content (AvgIpc) is 2.30. The molecule has 0 amide bonds. The zero-order valence-corrected chi connectivity index (χ0v) is 10.8. The molecular formula is C13H16F3NO2. The predicted octanol–water partition coefficient (Wildman–Crippen LogP) is 2.69. The Morgan fingerprint density at radius 2 is 1.79 bits per heavy atom. The number of hydrogen-bond acceptors (Lipinski definition) is 2. The number of carboxylic acid groups (broad SMARTS) is 1. The Balaban J connectivity index is 2.51. The molecule has 6 heteroatoms. The van der Waals surface area contributed by atoms with E-state index in [1.807, 2.05) is 0 Å². The summed E-state index contributed by atoms with van der Waals surface area (Å²) >= 11 is 0. The summed E-state index contributed by atoms with van der Waals surface area (Å²) in [5.74, 6) is -4.09. The fourth-order valence-corrected chi connectivity index (χ4v) is 1.43. The molecule has 0 heterocycles. The van der Waals surface area contributed by atoms with E-state index in [0.717, 1.165) is 6.07 Å². The highest BCUT2D eigenvalue weighted by Gasteiger charge is 2.26. The molecule has 1 aromatic rings. The number of halogens is 3. The number of rotatable bonds is 6. The lowest BCUT2D eigenvalue weighted by molar-refractivity contribution is -0.147. The van der Waals surface area contributed by atoms with E-state index in [-0.39, 0.29) is 12.1 Å². The van der Waals surface area contributed by atoms with Gasteiger partial charge in [-0.2, -0.15) is 0 Å². The van der Waals surface area contributed by atoms with Gasteiger partial charge in [0.15, 0.2) is 11.6 Å². The zero-order valence-electron chi connectivity index (χ0n) is 10.8. The summed E-state index contributed by atoms with van der Waals surface area (Å²) in [6.45, 7) is 3.50. The van der Waals surface area contributed by atoms with Crippen LogP contribution in [0.25, 0.3) is 0 Å². The SMILES string of the molecule is CC(C)(CCNCc1cc(F)c(F)cc1F)C(=O)O. The van der Waals surface area contributed by atoms with E-state index < -0.39 is 28.8 Å². The quantitative estimate of drug-likeness (QED) is 0.620. The Hall–Kier alpha value is -1.56. The lowest BCUT2D eigenvalue weighted by Gasteiger charge is -2.19. The summed E-state index contributed by atoms with van der Waals surface area (Å²) in [5.41, 5.74) is -0.883. The molecule has 0 saturated carbocycles. The maximum absolute atomic E-state index is 13.3. The fraction of sp³-hybridized carbons (Fsp3) is 0.462. The van der Waals surface area contributed by atoms with Crippen molar-refractivity contribution in [2.75, 3.05) is 6.54 Å².